The molecule has 2 rings (SSSR count). The lowest BCUT2D eigenvalue weighted by Crippen LogP contribution is -2.25. The van der Waals surface area contributed by atoms with Crippen molar-refractivity contribution in [1.29, 1.82) is 0 Å². The molecular weight excluding hydrogens is 310 g/mol. The van der Waals surface area contributed by atoms with Crippen molar-refractivity contribution in [2.75, 3.05) is 4.72 Å². The minimum atomic E-state index is -3.67. The summed E-state index contributed by atoms with van der Waals surface area (Å²) in [6.07, 6.45) is 0.857. The van der Waals surface area contributed by atoms with Gasteiger partial charge < -0.3 is 0 Å². The van der Waals surface area contributed by atoms with Crippen molar-refractivity contribution in [3.05, 3.63) is 41.2 Å². The molecule has 0 fully saturated rings. The summed E-state index contributed by atoms with van der Waals surface area (Å²) in [5.74, 6) is 0. The second-order valence-electron chi connectivity index (χ2n) is 6.74. The van der Waals surface area contributed by atoms with Gasteiger partial charge in [-0.3, -0.25) is 9.40 Å². The van der Waals surface area contributed by atoms with E-state index in [1.807, 2.05) is 45.9 Å². The summed E-state index contributed by atoms with van der Waals surface area (Å²) in [5, 5.41) is 4.42. The van der Waals surface area contributed by atoms with Crippen LogP contribution in [-0.4, -0.2) is 18.2 Å². The van der Waals surface area contributed by atoms with Gasteiger partial charge in [-0.15, -0.1) is 0 Å². The maximum atomic E-state index is 12.8. The van der Waals surface area contributed by atoms with E-state index in [2.05, 4.69) is 9.82 Å². The van der Waals surface area contributed by atoms with E-state index in [9.17, 15) is 8.42 Å². The first-order valence-corrected chi connectivity index (χ1v) is 9.23. The van der Waals surface area contributed by atoms with Crippen LogP contribution in [0.3, 0.4) is 0 Å². The van der Waals surface area contributed by atoms with E-state index in [0.29, 0.717) is 17.1 Å². The van der Waals surface area contributed by atoms with Gasteiger partial charge in [0.25, 0.3) is 10.0 Å². The molecule has 23 heavy (non-hydrogen) atoms. The largest absolute Gasteiger partial charge is 0.280 e. The Balaban J connectivity index is 2.46. The van der Waals surface area contributed by atoms with Gasteiger partial charge in [-0.2, -0.15) is 5.10 Å². The highest BCUT2D eigenvalue weighted by Gasteiger charge is 2.28. The number of hydrogen-bond acceptors (Lipinski definition) is 3. The molecular formula is C17H25N3O2S. The number of aromatic nitrogens is 2. The molecule has 126 valence electrons. The molecule has 0 bridgehead atoms. The highest BCUT2D eigenvalue weighted by Crippen LogP contribution is 2.27. The molecule has 0 atom stereocenters. The van der Waals surface area contributed by atoms with Crippen LogP contribution in [0.5, 0.6) is 0 Å². The third kappa shape index (κ3) is 3.58. The molecule has 0 aliphatic rings. The maximum absolute atomic E-state index is 12.8. The minimum Gasteiger partial charge on any atom is -0.280 e. The van der Waals surface area contributed by atoms with E-state index in [4.69, 9.17) is 0 Å². The molecule has 1 heterocycles. The van der Waals surface area contributed by atoms with Crippen LogP contribution in [0.4, 0.5) is 5.69 Å². The molecule has 1 aromatic carbocycles. The first kappa shape index (κ1) is 17.5. The lowest BCUT2D eigenvalue weighted by atomic mass is 10.1. The summed E-state index contributed by atoms with van der Waals surface area (Å²) in [6, 6.07) is 7.45. The van der Waals surface area contributed by atoms with E-state index in [1.54, 1.807) is 24.6 Å². The lowest BCUT2D eigenvalue weighted by Gasteiger charge is -2.21. The number of benzene rings is 1. The Labute approximate surface area is 138 Å². The zero-order chi connectivity index (χ0) is 17.4. The summed E-state index contributed by atoms with van der Waals surface area (Å²) in [4.78, 5) is 0.259. The topological polar surface area (TPSA) is 64.0 Å². The fraction of sp³-hybridized carbons (Fsp3) is 0.471. The van der Waals surface area contributed by atoms with Gasteiger partial charge >= 0.3 is 0 Å². The first-order chi connectivity index (χ1) is 10.6. The van der Waals surface area contributed by atoms with Crippen LogP contribution in [0.15, 0.2) is 29.2 Å². The smallest absolute Gasteiger partial charge is 0.265 e. The summed E-state index contributed by atoms with van der Waals surface area (Å²) in [5.41, 5.74) is 2.55. The van der Waals surface area contributed by atoms with Crippen molar-refractivity contribution in [2.24, 2.45) is 0 Å². The van der Waals surface area contributed by atoms with Gasteiger partial charge in [0.1, 0.15) is 4.90 Å². The van der Waals surface area contributed by atoms with Crippen molar-refractivity contribution in [2.45, 2.75) is 58.4 Å². The third-order valence-corrected chi connectivity index (χ3v) is 5.35. The number of aryl methyl sites for hydroxylation is 2. The SMILES string of the molecule is CCc1cccc(NS(=O)(=O)c2c(C)nn(C(C)(C)C)c2C)c1. The van der Waals surface area contributed by atoms with Crippen LogP contribution < -0.4 is 4.72 Å². The molecule has 0 radical (unpaired) electrons. The predicted octanol–water partition coefficient (Wildman–Crippen LogP) is 3.62. The highest BCUT2D eigenvalue weighted by molar-refractivity contribution is 7.92. The monoisotopic (exact) mass is 335 g/mol. The maximum Gasteiger partial charge on any atom is 0.265 e. The molecule has 6 heteroatoms. The van der Waals surface area contributed by atoms with Crippen LogP contribution in [0.25, 0.3) is 0 Å². The molecule has 0 aliphatic carbocycles. The predicted molar refractivity (Wildman–Crippen MR) is 93.3 cm³/mol. The zero-order valence-electron chi connectivity index (χ0n) is 14.6. The Kier molecular flexibility index (Phi) is 4.57. The fourth-order valence-electron chi connectivity index (χ4n) is 2.73. The van der Waals surface area contributed by atoms with Crippen LogP contribution >= 0.6 is 0 Å². The van der Waals surface area contributed by atoms with E-state index < -0.39 is 10.0 Å². The normalized spacial score (nSPS) is 12.4. The Morgan fingerprint density at radius 3 is 2.39 bits per heavy atom. The van der Waals surface area contributed by atoms with Crippen LogP contribution in [0.1, 0.15) is 44.6 Å². The summed E-state index contributed by atoms with van der Waals surface area (Å²) >= 11 is 0. The Morgan fingerprint density at radius 2 is 1.87 bits per heavy atom. The van der Waals surface area contributed by atoms with E-state index in [1.165, 1.54) is 0 Å². The van der Waals surface area contributed by atoms with Crippen LogP contribution in [-0.2, 0) is 22.0 Å². The van der Waals surface area contributed by atoms with Gasteiger partial charge in [-0.25, -0.2) is 8.42 Å². The summed E-state index contributed by atoms with van der Waals surface area (Å²) in [6.45, 7) is 11.6. The molecule has 1 aromatic heterocycles. The van der Waals surface area contributed by atoms with Crippen LogP contribution in [0, 0.1) is 13.8 Å². The van der Waals surface area contributed by atoms with Crippen molar-refractivity contribution in [3.8, 4) is 0 Å². The fourth-order valence-corrected chi connectivity index (χ4v) is 4.18. The zero-order valence-corrected chi connectivity index (χ0v) is 15.5. The Morgan fingerprint density at radius 1 is 1.22 bits per heavy atom. The minimum absolute atomic E-state index is 0.259. The van der Waals surface area contributed by atoms with E-state index >= 15 is 0 Å². The lowest BCUT2D eigenvalue weighted by molar-refractivity contribution is 0.345. The number of rotatable bonds is 4. The quantitative estimate of drug-likeness (QED) is 0.928. The first-order valence-electron chi connectivity index (χ1n) is 7.74. The number of anilines is 1. The molecule has 0 spiro atoms. The standard InChI is InChI=1S/C17H25N3O2S/c1-7-14-9-8-10-15(11-14)19-23(21,22)16-12(2)18-20(13(16)3)17(4,5)6/h8-11,19H,7H2,1-6H3. The average Bonchev–Trinajstić information content (AvgIpc) is 2.74. The van der Waals surface area contributed by atoms with Gasteiger partial charge in [-0.05, 0) is 58.7 Å². The number of nitrogens with one attached hydrogen (secondary N) is 1. The number of nitrogens with zero attached hydrogens (tertiary/aromatic N) is 2. The van der Waals surface area contributed by atoms with Gasteiger partial charge in [0.05, 0.1) is 16.9 Å². The highest BCUT2D eigenvalue weighted by atomic mass is 32.2. The van der Waals surface area contributed by atoms with Crippen LogP contribution in [0.2, 0.25) is 0 Å². The third-order valence-electron chi connectivity index (χ3n) is 3.72. The molecule has 0 saturated carbocycles. The Bertz CT molecular complexity index is 815. The van der Waals surface area contributed by atoms with Crippen molar-refractivity contribution < 1.29 is 8.42 Å². The molecule has 0 aliphatic heterocycles. The van der Waals surface area contributed by atoms with Gasteiger partial charge in [0.2, 0.25) is 0 Å². The van der Waals surface area contributed by atoms with Crippen molar-refractivity contribution >= 4 is 15.7 Å². The summed E-state index contributed by atoms with van der Waals surface area (Å²) < 4.78 is 30.1. The molecule has 2 aromatic rings. The van der Waals surface area contributed by atoms with Crippen molar-refractivity contribution in [1.82, 2.24) is 9.78 Å². The van der Waals surface area contributed by atoms with E-state index in [0.717, 1.165) is 12.0 Å². The second kappa shape index (κ2) is 6.00. The second-order valence-corrected chi connectivity index (χ2v) is 8.36. The van der Waals surface area contributed by atoms with Gasteiger partial charge in [0.15, 0.2) is 0 Å². The Hall–Kier alpha value is -1.82. The van der Waals surface area contributed by atoms with Gasteiger partial charge in [0, 0.05) is 5.69 Å². The molecule has 0 unspecified atom stereocenters. The molecule has 1 N–H and O–H groups in total. The number of hydrogen-bond donors (Lipinski definition) is 1. The number of sulfonamides is 1. The molecule has 0 amide bonds. The van der Waals surface area contributed by atoms with Crippen molar-refractivity contribution in [3.63, 3.8) is 0 Å². The van der Waals surface area contributed by atoms with Gasteiger partial charge in [-0.1, -0.05) is 19.1 Å². The summed E-state index contributed by atoms with van der Waals surface area (Å²) in [7, 11) is -3.67. The molecule has 0 saturated heterocycles. The average molecular weight is 335 g/mol. The molecule has 5 nitrogen and oxygen atoms in total. The van der Waals surface area contributed by atoms with E-state index in [-0.39, 0.29) is 10.4 Å².